The molecule has 4 aromatic rings. The number of morpholine rings is 1. The number of aromatic nitrogens is 4. The lowest BCUT2D eigenvalue weighted by Gasteiger charge is -2.26. The molecule has 9 heteroatoms. The van der Waals surface area contributed by atoms with Gasteiger partial charge in [0.15, 0.2) is 11.4 Å². The van der Waals surface area contributed by atoms with Crippen LogP contribution in [0.3, 0.4) is 0 Å². The Kier molecular flexibility index (Phi) is 6.30. The number of aryl methyl sites for hydroxylation is 2. The molecule has 1 aliphatic rings. The van der Waals surface area contributed by atoms with Gasteiger partial charge in [-0.15, -0.1) is 0 Å². The molecule has 0 radical (unpaired) electrons. The van der Waals surface area contributed by atoms with Crippen LogP contribution < -0.4 is 4.74 Å². The summed E-state index contributed by atoms with van der Waals surface area (Å²) >= 11 is 0. The van der Waals surface area contributed by atoms with Gasteiger partial charge in [0.1, 0.15) is 18.2 Å². The van der Waals surface area contributed by atoms with Crippen molar-refractivity contribution in [2.75, 3.05) is 32.8 Å². The zero-order valence-corrected chi connectivity index (χ0v) is 19.3. The van der Waals surface area contributed by atoms with Crippen molar-refractivity contribution in [3.05, 3.63) is 71.3 Å². The highest BCUT2D eigenvalue weighted by Crippen LogP contribution is 2.30. The van der Waals surface area contributed by atoms with Crippen LogP contribution in [0.2, 0.25) is 0 Å². The molecule has 1 fully saturated rings. The van der Waals surface area contributed by atoms with Crippen LogP contribution in [0.4, 0.5) is 8.78 Å². The van der Waals surface area contributed by atoms with E-state index in [2.05, 4.69) is 10.00 Å². The highest BCUT2D eigenvalue weighted by Gasteiger charge is 2.18. The fraction of sp³-hybridized carbons (Fsp3) is 0.360. The Hall–Kier alpha value is -3.30. The standard InChI is InChI=1S/C25H27F2N5O2/c1-17-12-23(34-16-20-21(26)4-3-5-22(20)27)25-29-18(2)24(32(25)14-17)19-13-28-31(15-19)7-6-30-8-10-33-11-9-30/h3-5,12-15H,6-11,16H2,1-2H3. The SMILES string of the molecule is Cc1cc(OCc2c(F)cccc2F)c2nc(C)c(-c3cnn(CCN4CCOCC4)c3)n2c1. The Morgan fingerprint density at radius 2 is 1.82 bits per heavy atom. The molecule has 4 heterocycles. The molecule has 3 aromatic heterocycles. The molecule has 34 heavy (non-hydrogen) atoms. The van der Waals surface area contributed by atoms with Gasteiger partial charge in [-0.3, -0.25) is 14.0 Å². The van der Waals surface area contributed by atoms with Gasteiger partial charge in [-0.25, -0.2) is 13.8 Å². The fourth-order valence-corrected chi connectivity index (χ4v) is 4.31. The van der Waals surface area contributed by atoms with Crippen LogP contribution in [0, 0.1) is 25.5 Å². The second-order valence-corrected chi connectivity index (χ2v) is 8.56. The number of hydrogen-bond donors (Lipinski definition) is 0. The molecule has 0 spiro atoms. The van der Waals surface area contributed by atoms with E-state index in [9.17, 15) is 8.78 Å². The van der Waals surface area contributed by atoms with Crippen molar-refractivity contribution in [1.82, 2.24) is 24.1 Å². The van der Waals surface area contributed by atoms with Crippen LogP contribution in [0.1, 0.15) is 16.8 Å². The Morgan fingerprint density at radius 3 is 2.59 bits per heavy atom. The Balaban J connectivity index is 1.40. The summed E-state index contributed by atoms with van der Waals surface area (Å²) in [5.41, 5.74) is 4.11. The minimum atomic E-state index is -0.631. The van der Waals surface area contributed by atoms with Gasteiger partial charge in [0.2, 0.25) is 0 Å². The van der Waals surface area contributed by atoms with Gasteiger partial charge >= 0.3 is 0 Å². The third-order valence-electron chi connectivity index (χ3n) is 6.09. The number of hydrogen-bond acceptors (Lipinski definition) is 5. The maximum absolute atomic E-state index is 14.1. The van der Waals surface area contributed by atoms with Crippen molar-refractivity contribution >= 4 is 5.65 Å². The maximum atomic E-state index is 14.1. The first kappa shape index (κ1) is 22.5. The summed E-state index contributed by atoms with van der Waals surface area (Å²) in [6, 6.07) is 5.62. The van der Waals surface area contributed by atoms with Gasteiger partial charge in [0.25, 0.3) is 0 Å². The van der Waals surface area contributed by atoms with E-state index in [4.69, 9.17) is 14.5 Å². The van der Waals surface area contributed by atoms with Crippen LogP contribution >= 0.6 is 0 Å². The van der Waals surface area contributed by atoms with Gasteiger partial charge in [0.05, 0.1) is 42.9 Å². The van der Waals surface area contributed by atoms with E-state index < -0.39 is 11.6 Å². The van der Waals surface area contributed by atoms with E-state index in [0.717, 1.165) is 61.9 Å². The summed E-state index contributed by atoms with van der Waals surface area (Å²) in [6.07, 6.45) is 5.84. The molecule has 5 rings (SSSR count). The minimum Gasteiger partial charge on any atom is -0.485 e. The fourth-order valence-electron chi connectivity index (χ4n) is 4.31. The monoisotopic (exact) mass is 467 g/mol. The molecular weight excluding hydrogens is 440 g/mol. The lowest BCUT2D eigenvalue weighted by atomic mass is 10.2. The van der Waals surface area contributed by atoms with Crippen molar-refractivity contribution in [3.63, 3.8) is 0 Å². The van der Waals surface area contributed by atoms with Crippen molar-refractivity contribution in [3.8, 4) is 17.0 Å². The van der Waals surface area contributed by atoms with Crippen molar-refractivity contribution in [1.29, 1.82) is 0 Å². The average molecular weight is 468 g/mol. The van der Waals surface area contributed by atoms with Gasteiger partial charge in [-0.2, -0.15) is 5.10 Å². The molecule has 0 saturated carbocycles. The summed E-state index contributed by atoms with van der Waals surface area (Å²) in [5, 5.41) is 4.55. The number of benzene rings is 1. The van der Waals surface area contributed by atoms with Gasteiger partial charge in [0, 0.05) is 37.6 Å². The first-order chi connectivity index (χ1) is 16.5. The number of imidazole rings is 1. The molecule has 0 unspecified atom stereocenters. The third-order valence-corrected chi connectivity index (χ3v) is 6.09. The normalized spacial score (nSPS) is 14.7. The van der Waals surface area contributed by atoms with Crippen molar-refractivity contribution < 1.29 is 18.3 Å². The maximum Gasteiger partial charge on any atom is 0.180 e. The van der Waals surface area contributed by atoms with Gasteiger partial charge in [-0.05, 0) is 37.6 Å². The first-order valence-corrected chi connectivity index (χ1v) is 11.4. The Morgan fingerprint density at radius 1 is 1.06 bits per heavy atom. The zero-order valence-electron chi connectivity index (χ0n) is 19.3. The smallest absolute Gasteiger partial charge is 0.180 e. The van der Waals surface area contributed by atoms with E-state index in [1.54, 1.807) is 0 Å². The van der Waals surface area contributed by atoms with Gasteiger partial charge < -0.3 is 9.47 Å². The molecule has 1 aromatic carbocycles. The van der Waals surface area contributed by atoms with Crippen LogP contribution in [-0.2, 0) is 17.9 Å². The molecule has 0 bridgehead atoms. The summed E-state index contributed by atoms with van der Waals surface area (Å²) < 4.78 is 43.3. The largest absolute Gasteiger partial charge is 0.485 e. The summed E-state index contributed by atoms with van der Waals surface area (Å²) in [6.45, 7) is 8.80. The van der Waals surface area contributed by atoms with E-state index >= 15 is 0 Å². The van der Waals surface area contributed by atoms with E-state index in [-0.39, 0.29) is 12.2 Å². The second kappa shape index (κ2) is 9.52. The number of pyridine rings is 1. The Labute approximate surface area is 196 Å². The molecule has 1 saturated heterocycles. The number of nitrogens with zero attached hydrogens (tertiary/aromatic N) is 5. The van der Waals surface area contributed by atoms with Crippen molar-refractivity contribution in [2.24, 2.45) is 0 Å². The molecule has 0 aliphatic carbocycles. The third kappa shape index (κ3) is 4.53. The molecule has 0 amide bonds. The summed E-state index contributed by atoms with van der Waals surface area (Å²) in [4.78, 5) is 7.08. The van der Waals surface area contributed by atoms with Crippen LogP contribution in [0.5, 0.6) is 5.75 Å². The van der Waals surface area contributed by atoms with Crippen LogP contribution in [0.15, 0.2) is 42.9 Å². The summed E-state index contributed by atoms with van der Waals surface area (Å²) in [5.74, 6) is -0.793. The lowest BCUT2D eigenvalue weighted by Crippen LogP contribution is -2.38. The molecule has 178 valence electrons. The highest BCUT2D eigenvalue weighted by atomic mass is 19.1. The zero-order chi connectivity index (χ0) is 23.7. The topological polar surface area (TPSA) is 56.8 Å². The number of rotatable bonds is 7. The Bertz CT molecular complexity index is 1290. The van der Waals surface area contributed by atoms with E-state index in [1.165, 1.54) is 18.2 Å². The van der Waals surface area contributed by atoms with Gasteiger partial charge in [-0.1, -0.05) is 6.07 Å². The predicted molar refractivity (Wildman–Crippen MR) is 124 cm³/mol. The second-order valence-electron chi connectivity index (χ2n) is 8.56. The van der Waals surface area contributed by atoms with E-state index in [1.807, 2.05) is 47.6 Å². The first-order valence-electron chi connectivity index (χ1n) is 11.4. The van der Waals surface area contributed by atoms with Crippen molar-refractivity contribution in [2.45, 2.75) is 27.0 Å². The number of halogens is 2. The minimum absolute atomic E-state index is 0.104. The molecule has 0 N–H and O–H groups in total. The average Bonchev–Trinajstić information content (AvgIpc) is 3.41. The number of fused-ring (bicyclic) bond motifs is 1. The van der Waals surface area contributed by atoms with Crippen LogP contribution in [-0.4, -0.2) is 56.9 Å². The van der Waals surface area contributed by atoms with Crippen LogP contribution in [0.25, 0.3) is 16.9 Å². The highest BCUT2D eigenvalue weighted by molar-refractivity contribution is 5.69. The molecule has 7 nitrogen and oxygen atoms in total. The number of ether oxygens (including phenoxy) is 2. The lowest BCUT2D eigenvalue weighted by molar-refractivity contribution is 0.0360. The summed E-state index contributed by atoms with van der Waals surface area (Å²) in [7, 11) is 0. The van der Waals surface area contributed by atoms with E-state index in [0.29, 0.717) is 11.4 Å². The molecule has 0 atom stereocenters. The predicted octanol–water partition coefficient (Wildman–Crippen LogP) is 4.00. The molecular formula is C25H27F2N5O2. The molecule has 1 aliphatic heterocycles. The quantitative estimate of drug-likeness (QED) is 0.411.